The van der Waals surface area contributed by atoms with Crippen molar-refractivity contribution in [2.24, 2.45) is 0 Å². The van der Waals surface area contributed by atoms with Gasteiger partial charge in [-0.1, -0.05) is 12.5 Å². The second-order valence-corrected chi connectivity index (χ2v) is 13.2. The zero-order valence-electron chi connectivity index (χ0n) is 23.3. The molecule has 1 N–H and O–H groups in total. The van der Waals surface area contributed by atoms with E-state index in [1.54, 1.807) is 4.90 Å². The molecule has 1 aromatic carbocycles. The molecule has 3 saturated heterocycles. The van der Waals surface area contributed by atoms with Crippen molar-refractivity contribution >= 4 is 21.8 Å². The molecule has 3 aliphatic heterocycles. The second kappa shape index (κ2) is 12.3. The fourth-order valence-electron chi connectivity index (χ4n) is 6.14. The van der Waals surface area contributed by atoms with E-state index in [-0.39, 0.29) is 30.3 Å². The highest BCUT2D eigenvalue weighted by atomic mass is 32.2. The van der Waals surface area contributed by atoms with Gasteiger partial charge in [-0.3, -0.25) is 14.5 Å². The maximum absolute atomic E-state index is 13.4. The summed E-state index contributed by atoms with van der Waals surface area (Å²) in [4.78, 5) is 31.2. The number of likely N-dealkylation sites (tertiary alicyclic amines) is 1. The van der Waals surface area contributed by atoms with Gasteiger partial charge in [0.05, 0.1) is 10.5 Å². The number of amides is 2. The number of nitrogens with zero attached hydrogens (tertiary/aromatic N) is 4. The first kappa shape index (κ1) is 30.7. The molecule has 3 aliphatic rings. The maximum atomic E-state index is 13.4. The number of nitrogens with one attached hydrogen (secondary N) is 1. The van der Waals surface area contributed by atoms with Crippen LogP contribution in [-0.2, 0) is 25.8 Å². The van der Waals surface area contributed by atoms with Crippen LogP contribution >= 0.6 is 0 Å². The number of likely N-dealkylation sites (N-methyl/N-ethyl adjacent to an activating group) is 1. The minimum atomic E-state index is -4.66. The highest BCUT2D eigenvalue weighted by molar-refractivity contribution is 7.89. The van der Waals surface area contributed by atoms with E-state index in [1.807, 2.05) is 0 Å². The van der Waals surface area contributed by atoms with Gasteiger partial charge in [-0.15, -0.1) is 0 Å². The van der Waals surface area contributed by atoms with Crippen LogP contribution in [0.1, 0.15) is 51.0 Å². The van der Waals surface area contributed by atoms with Gasteiger partial charge in [0, 0.05) is 77.3 Å². The smallest absolute Gasteiger partial charge is 0.354 e. The number of halogens is 3. The summed E-state index contributed by atoms with van der Waals surface area (Å²) in [6.07, 6.45) is -1.47. The summed E-state index contributed by atoms with van der Waals surface area (Å²) in [5.41, 5.74) is -1.26. The summed E-state index contributed by atoms with van der Waals surface area (Å²) in [5, 5.41) is 2.98. The quantitative estimate of drug-likeness (QED) is 0.527. The van der Waals surface area contributed by atoms with E-state index in [0.29, 0.717) is 51.4 Å². The van der Waals surface area contributed by atoms with Crippen LogP contribution in [0.5, 0.6) is 0 Å². The van der Waals surface area contributed by atoms with Gasteiger partial charge >= 0.3 is 6.18 Å². The molecule has 2 amide bonds. The van der Waals surface area contributed by atoms with Crippen LogP contribution < -0.4 is 5.32 Å². The molecule has 0 aromatic heterocycles. The van der Waals surface area contributed by atoms with Crippen molar-refractivity contribution in [1.29, 1.82) is 0 Å². The lowest BCUT2D eigenvalue weighted by molar-refractivity contribution is -0.138. The summed E-state index contributed by atoms with van der Waals surface area (Å²) in [5.74, 6) is -0.242. The Balaban J connectivity index is 1.44. The minimum Gasteiger partial charge on any atom is -0.354 e. The summed E-state index contributed by atoms with van der Waals surface area (Å²) in [7, 11) is -2.13. The largest absolute Gasteiger partial charge is 0.416 e. The number of carbonyl (C=O) groups is 2. The fraction of sp³-hybridized carbons (Fsp3) is 0.704. The van der Waals surface area contributed by atoms with Crippen LogP contribution in [0.2, 0.25) is 0 Å². The number of sulfonamides is 1. The Morgan fingerprint density at radius 2 is 1.70 bits per heavy atom. The van der Waals surface area contributed by atoms with Crippen LogP contribution in [-0.4, -0.2) is 110 Å². The molecule has 1 atom stereocenters. The van der Waals surface area contributed by atoms with E-state index < -0.39 is 32.7 Å². The number of hydrogen-bond donors (Lipinski definition) is 1. The zero-order chi connectivity index (χ0) is 29.1. The maximum Gasteiger partial charge on any atom is 0.416 e. The molecule has 0 radical (unpaired) electrons. The molecule has 224 valence electrons. The highest BCUT2D eigenvalue weighted by Gasteiger charge is 2.43. The van der Waals surface area contributed by atoms with Crippen molar-refractivity contribution in [1.82, 2.24) is 24.3 Å². The molecule has 1 aromatic rings. The second-order valence-electron chi connectivity index (χ2n) is 11.3. The zero-order valence-corrected chi connectivity index (χ0v) is 24.1. The topological polar surface area (TPSA) is 93.3 Å². The number of piperazine rings is 1. The van der Waals surface area contributed by atoms with Crippen LogP contribution in [0.15, 0.2) is 29.2 Å². The number of hydrogen-bond acceptors (Lipinski definition) is 6. The van der Waals surface area contributed by atoms with Crippen molar-refractivity contribution in [3.63, 3.8) is 0 Å². The van der Waals surface area contributed by atoms with Crippen LogP contribution in [0, 0.1) is 0 Å². The first-order chi connectivity index (χ1) is 18.8. The molecule has 4 rings (SSSR count). The first-order valence-electron chi connectivity index (χ1n) is 14.0. The summed E-state index contributed by atoms with van der Waals surface area (Å²) < 4.78 is 67.8. The number of rotatable bonds is 7. The first-order valence-corrected chi connectivity index (χ1v) is 15.4. The number of alkyl halides is 3. The standard InChI is InChI=1S/C27H40F3N5O4S/c1-21(36)31-20-26(34-16-14-32(2)15-17-34)9-12-33(13-10-26)25(37)19-23-7-3-4-11-35(23)40(38,39)24-8-5-6-22(18-24)27(28,29)30/h5-6,8,18,23H,3-4,7,9-17,19-20H2,1-2H3,(H,31,36). The van der Waals surface area contributed by atoms with E-state index in [1.165, 1.54) is 17.3 Å². The van der Waals surface area contributed by atoms with Gasteiger partial charge in [0.25, 0.3) is 0 Å². The van der Waals surface area contributed by atoms with Crippen molar-refractivity contribution < 1.29 is 31.2 Å². The van der Waals surface area contributed by atoms with Crippen LogP contribution in [0.25, 0.3) is 0 Å². The Morgan fingerprint density at radius 1 is 1.02 bits per heavy atom. The lowest BCUT2D eigenvalue weighted by atomic mass is 9.84. The third kappa shape index (κ3) is 6.97. The van der Waals surface area contributed by atoms with Gasteiger partial charge in [-0.25, -0.2) is 8.42 Å². The molecule has 3 heterocycles. The molecule has 9 nitrogen and oxygen atoms in total. The molecule has 3 fully saturated rings. The van der Waals surface area contributed by atoms with Crippen molar-refractivity contribution in [3.8, 4) is 0 Å². The highest BCUT2D eigenvalue weighted by Crippen LogP contribution is 2.34. The molecule has 13 heteroatoms. The fourth-order valence-corrected chi connectivity index (χ4v) is 7.88. The Kier molecular flexibility index (Phi) is 9.48. The minimum absolute atomic E-state index is 0.00854. The Bertz CT molecular complexity index is 1160. The van der Waals surface area contributed by atoms with Gasteiger partial charge < -0.3 is 15.1 Å². The SMILES string of the molecule is CC(=O)NCC1(N2CCN(C)CC2)CCN(C(=O)CC2CCCCN2S(=O)(=O)c2cccc(C(F)(F)F)c2)CC1. The third-order valence-electron chi connectivity index (χ3n) is 8.64. The Hall–Kier alpha value is -2.22. The van der Waals surface area contributed by atoms with Crippen molar-refractivity contribution in [3.05, 3.63) is 29.8 Å². The van der Waals surface area contributed by atoms with Crippen LogP contribution in [0.3, 0.4) is 0 Å². The number of carbonyl (C=O) groups excluding carboxylic acids is 2. The normalized spacial score (nSPS) is 23.6. The number of benzene rings is 1. The van der Waals surface area contributed by atoms with Gasteiger partial charge in [0.15, 0.2) is 0 Å². The van der Waals surface area contributed by atoms with Crippen LogP contribution in [0.4, 0.5) is 13.2 Å². The average Bonchev–Trinajstić information content (AvgIpc) is 2.92. The molecule has 0 bridgehead atoms. The van der Waals surface area contributed by atoms with Crippen molar-refractivity contribution in [2.45, 2.75) is 68.1 Å². The van der Waals surface area contributed by atoms with E-state index >= 15 is 0 Å². The van der Waals surface area contributed by atoms with Gasteiger partial charge in [0.1, 0.15) is 0 Å². The van der Waals surface area contributed by atoms with Crippen molar-refractivity contribution in [2.75, 3.05) is 59.4 Å². The average molecular weight is 588 g/mol. The summed E-state index contributed by atoms with van der Waals surface area (Å²) in [6, 6.07) is 3.18. The summed E-state index contributed by atoms with van der Waals surface area (Å²) in [6.45, 7) is 6.81. The van der Waals surface area contributed by atoms with E-state index in [4.69, 9.17) is 0 Å². The van der Waals surface area contributed by atoms with Gasteiger partial charge in [0.2, 0.25) is 21.8 Å². The molecule has 0 saturated carbocycles. The predicted molar refractivity (Wildman–Crippen MR) is 144 cm³/mol. The number of piperidine rings is 2. The van der Waals surface area contributed by atoms with E-state index in [9.17, 15) is 31.2 Å². The molecule has 40 heavy (non-hydrogen) atoms. The Labute approximate surface area is 234 Å². The monoisotopic (exact) mass is 587 g/mol. The predicted octanol–water partition coefficient (Wildman–Crippen LogP) is 2.38. The summed E-state index contributed by atoms with van der Waals surface area (Å²) >= 11 is 0. The third-order valence-corrected chi connectivity index (χ3v) is 10.6. The van der Waals surface area contributed by atoms with E-state index in [2.05, 4.69) is 22.2 Å². The molecule has 0 spiro atoms. The van der Waals surface area contributed by atoms with E-state index in [0.717, 1.165) is 44.7 Å². The molecular weight excluding hydrogens is 547 g/mol. The van der Waals surface area contributed by atoms with Gasteiger partial charge in [-0.2, -0.15) is 17.5 Å². The molecular formula is C27H40F3N5O4S. The molecule has 0 aliphatic carbocycles. The Morgan fingerprint density at radius 3 is 2.33 bits per heavy atom. The lowest BCUT2D eigenvalue weighted by Crippen LogP contribution is -2.64. The van der Waals surface area contributed by atoms with Gasteiger partial charge in [-0.05, 0) is 50.9 Å². The lowest BCUT2D eigenvalue weighted by Gasteiger charge is -2.51. The molecule has 1 unspecified atom stereocenters.